The van der Waals surface area contributed by atoms with Crippen LogP contribution in [0.25, 0.3) is 21.5 Å². The van der Waals surface area contributed by atoms with Crippen molar-refractivity contribution in [3.05, 3.63) is 84.9 Å². The predicted octanol–water partition coefficient (Wildman–Crippen LogP) is 4.51. The maximum Gasteiger partial charge on any atom is 0.322 e. The highest BCUT2D eigenvalue weighted by molar-refractivity contribution is 8.77. The zero-order valence-electron chi connectivity index (χ0n) is 23.1. The largest absolute Gasteiger partial charge is 0.480 e. The van der Waals surface area contributed by atoms with Crippen molar-refractivity contribution in [2.75, 3.05) is 13.1 Å². The van der Waals surface area contributed by atoms with Crippen molar-refractivity contribution < 1.29 is 36.6 Å². The smallest absolute Gasteiger partial charge is 0.322 e. The van der Waals surface area contributed by atoms with Crippen molar-refractivity contribution >= 4 is 75.1 Å². The molecule has 0 bridgehead atoms. The number of carboxylic acids is 2. The van der Waals surface area contributed by atoms with E-state index in [1.165, 1.54) is 45.9 Å². The van der Waals surface area contributed by atoms with E-state index < -0.39 is 54.6 Å². The molecule has 4 aromatic carbocycles. The predicted molar refractivity (Wildman–Crippen MR) is 171 cm³/mol. The molecule has 0 aromatic heterocycles. The van der Waals surface area contributed by atoms with Gasteiger partial charge in [0, 0.05) is 23.6 Å². The quantitative estimate of drug-likeness (QED) is 0.243. The zero-order valence-corrected chi connectivity index (χ0v) is 26.4. The van der Waals surface area contributed by atoms with Crippen LogP contribution in [0.3, 0.4) is 0 Å². The van der Waals surface area contributed by atoms with Gasteiger partial charge in [0.1, 0.15) is 12.1 Å². The van der Waals surface area contributed by atoms with Gasteiger partial charge in [-0.25, -0.2) is 16.8 Å². The van der Waals surface area contributed by atoms with E-state index in [4.69, 9.17) is 0 Å². The third-order valence-corrected chi connectivity index (χ3v) is 15.0. The molecule has 6 rings (SSSR count). The summed E-state index contributed by atoms with van der Waals surface area (Å²) in [4.78, 5) is 24.3. The summed E-state index contributed by atoms with van der Waals surface area (Å²) in [7, 11) is -5.70. The molecule has 0 saturated carbocycles. The Kier molecular flexibility index (Phi) is 8.41. The summed E-state index contributed by atoms with van der Waals surface area (Å²) in [6.45, 7) is -0.0874. The average molecular weight is 673 g/mol. The number of rotatable bonds is 9. The Morgan fingerprint density at radius 3 is 1.32 bits per heavy atom. The van der Waals surface area contributed by atoms with Gasteiger partial charge in [-0.05, 0) is 58.7 Å². The van der Waals surface area contributed by atoms with Gasteiger partial charge in [-0.3, -0.25) is 9.59 Å². The number of carbonyl (C=O) groups is 2. The summed E-state index contributed by atoms with van der Waals surface area (Å²) in [5, 5.41) is 22.2. The number of aliphatic carboxylic acids is 2. The molecule has 2 N–H and O–H groups in total. The Morgan fingerprint density at radius 1 is 0.591 bits per heavy atom. The first kappa shape index (κ1) is 30.9. The van der Waals surface area contributed by atoms with Gasteiger partial charge in [-0.15, -0.1) is 0 Å². The standard InChI is InChI=1S/C30H28N2O8S4/c33-29(34)27-15-23(17-31(27)43(37,38)25-11-9-19-5-1-3-7-21(19)13-25)41-42-24-16-28(30(35)36)32(18-24)44(39,40)26-12-10-20-6-2-4-8-22(20)14-26/h1-14,23-24,27-28H,15-18H2,(H,33,34)(H,35,36)/t23-,24-,27+,28+/m1/s1. The lowest BCUT2D eigenvalue weighted by molar-refractivity contribution is -0.141. The molecule has 14 heteroatoms. The Hall–Kier alpha value is -3.14. The van der Waals surface area contributed by atoms with Crippen molar-refractivity contribution in [2.24, 2.45) is 0 Å². The Labute approximate surface area is 262 Å². The fraction of sp³-hybridized carbons (Fsp3) is 0.267. The minimum absolute atomic E-state index is 0.00962. The minimum atomic E-state index is -4.12. The molecule has 44 heavy (non-hydrogen) atoms. The third-order valence-electron chi connectivity index (χ3n) is 7.99. The molecule has 4 atom stereocenters. The fourth-order valence-corrected chi connectivity index (χ4v) is 12.3. The molecule has 2 fully saturated rings. The van der Waals surface area contributed by atoms with Gasteiger partial charge in [0.25, 0.3) is 0 Å². The number of benzene rings is 4. The van der Waals surface area contributed by atoms with Crippen molar-refractivity contribution in [2.45, 2.75) is 45.2 Å². The molecular formula is C30H28N2O8S4. The molecule has 0 unspecified atom stereocenters. The lowest BCUT2D eigenvalue weighted by atomic mass is 10.1. The van der Waals surface area contributed by atoms with E-state index in [9.17, 15) is 36.6 Å². The summed E-state index contributed by atoms with van der Waals surface area (Å²) < 4.78 is 56.4. The van der Waals surface area contributed by atoms with Crippen LogP contribution in [0.5, 0.6) is 0 Å². The van der Waals surface area contributed by atoms with Crippen LogP contribution in [-0.2, 0) is 29.6 Å². The maximum absolute atomic E-state index is 13.6. The monoisotopic (exact) mass is 672 g/mol. The molecule has 2 saturated heterocycles. The van der Waals surface area contributed by atoms with E-state index in [0.717, 1.165) is 30.2 Å². The van der Waals surface area contributed by atoms with E-state index in [-0.39, 0.29) is 35.7 Å². The second-order valence-electron chi connectivity index (χ2n) is 10.8. The number of hydrogen-bond acceptors (Lipinski definition) is 8. The Morgan fingerprint density at radius 2 is 0.955 bits per heavy atom. The molecule has 2 aliphatic rings. The fourth-order valence-electron chi connectivity index (χ4n) is 5.74. The van der Waals surface area contributed by atoms with Crippen molar-refractivity contribution in [1.82, 2.24) is 8.61 Å². The first-order valence-electron chi connectivity index (χ1n) is 13.7. The van der Waals surface area contributed by atoms with Crippen LogP contribution in [0.4, 0.5) is 0 Å². The number of sulfonamides is 2. The maximum atomic E-state index is 13.6. The number of fused-ring (bicyclic) bond motifs is 2. The highest BCUT2D eigenvalue weighted by Gasteiger charge is 2.47. The van der Waals surface area contributed by atoms with Crippen LogP contribution >= 0.6 is 21.6 Å². The van der Waals surface area contributed by atoms with E-state index in [0.29, 0.717) is 0 Å². The molecule has 10 nitrogen and oxygen atoms in total. The van der Waals surface area contributed by atoms with Gasteiger partial charge in [-0.2, -0.15) is 8.61 Å². The van der Waals surface area contributed by atoms with Crippen LogP contribution < -0.4 is 0 Å². The summed E-state index contributed by atoms with van der Waals surface area (Å²) in [5.41, 5.74) is 0. The average Bonchev–Trinajstić information content (AvgIpc) is 3.66. The van der Waals surface area contributed by atoms with E-state index in [2.05, 4.69) is 0 Å². The van der Waals surface area contributed by atoms with Crippen LogP contribution in [0.2, 0.25) is 0 Å². The van der Waals surface area contributed by atoms with Gasteiger partial charge in [0.2, 0.25) is 20.0 Å². The molecule has 2 aliphatic heterocycles. The summed E-state index contributed by atoms with van der Waals surface area (Å²) in [6, 6.07) is 21.5. The van der Waals surface area contributed by atoms with E-state index in [1.54, 1.807) is 36.4 Å². The van der Waals surface area contributed by atoms with Gasteiger partial charge in [0.15, 0.2) is 0 Å². The Bertz CT molecular complexity index is 1840. The van der Waals surface area contributed by atoms with Crippen molar-refractivity contribution in [3.63, 3.8) is 0 Å². The molecule has 0 amide bonds. The first-order chi connectivity index (χ1) is 20.9. The third kappa shape index (κ3) is 5.82. The van der Waals surface area contributed by atoms with Crippen molar-refractivity contribution in [1.29, 1.82) is 0 Å². The second-order valence-corrected chi connectivity index (χ2v) is 17.4. The molecule has 0 aliphatic carbocycles. The molecule has 2 heterocycles. The molecule has 4 aromatic rings. The normalized spacial score (nSPS) is 23.4. The number of hydrogen-bond donors (Lipinski definition) is 2. The zero-order chi connectivity index (χ0) is 31.2. The molecule has 230 valence electrons. The summed E-state index contributed by atoms with van der Waals surface area (Å²) >= 11 is 0. The lowest BCUT2D eigenvalue weighted by Gasteiger charge is -2.21. The summed E-state index contributed by atoms with van der Waals surface area (Å²) in [6.07, 6.45) is 0.127. The summed E-state index contributed by atoms with van der Waals surface area (Å²) in [5.74, 6) is -2.50. The van der Waals surface area contributed by atoms with Crippen LogP contribution in [-0.4, -0.2) is 83.3 Å². The molecular weight excluding hydrogens is 645 g/mol. The van der Waals surface area contributed by atoms with Gasteiger partial charge < -0.3 is 10.2 Å². The van der Waals surface area contributed by atoms with E-state index in [1.807, 2.05) is 24.3 Å². The minimum Gasteiger partial charge on any atom is -0.480 e. The highest BCUT2D eigenvalue weighted by Crippen LogP contribution is 2.44. The second kappa shape index (κ2) is 12.0. The van der Waals surface area contributed by atoms with Gasteiger partial charge in [0.05, 0.1) is 9.79 Å². The van der Waals surface area contributed by atoms with Gasteiger partial charge in [-0.1, -0.05) is 82.3 Å². The molecule has 0 spiro atoms. The van der Waals surface area contributed by atoms with Crippen LogP contribution in [0, 0.1) is 0 Å². The van der Waals surface area contributed by atoms with E-state index >= 15 is 0 Å². The van der Waals surface area contributed by atoms with Crippen LogP contribution in [0.15, 0.2) is 94.7 Å². The molecule has 0 radical (unpaired) electrons. The SMILES string of the molecule is O=C(O)[C@@H]1C[C@@H](SS[C@@H]2C[C@@H](C(=O)O)N(S(=O)(=O)c3ccc4ccccc4c3)C2)CN1S(=O)(=O)c1ccc2ccccc2c1. The topological polar surface area (TPSA) is 149 Å². The van der Waals surface area contributed by atoms with Crippen LogP contribution in [0.1, 0.15) is 12.8 Å². The lowest BCUT2D eigenvalue weighted by Crippen LogP contribution is -2.40. The number of carboxylic acid groups (broad SMARTS) is 2. The Balaban J connectivity index is 1.17. The van der Waals surface area contributed by atoms with Gasteiger partial charge >= 0.3 is 11.9 Å². The highest BCUT2D eigenvalue weighted by atomic mass is 33.1. The first-order valence-corrected chi connectivity index (χ1v) is 18.9. The number of nitrogens with zero attached hydrogens (tertiary/aromatic N) is 2. The van der Waals surface area contributed by atoms with Crippen molar-refractivity contribution in [3.8, 4) is 0 Å².